The highest BCUT2D eigenvalue weighted by Crippen LogP contribution is 2.22. The molecule has 0 spiro atoms. The Kier molecular flexibility index (Phi) is 7.26. The second kappa shape index (κ2) is 9.25. The van der Waals surface area contributed by atoms with Crippen molar-refractivity contribution in [1.29, 1.82) is 0 Å². The van der Waals surface area contributed by atoms with E-state index in [1.165, 1.54) is 21.1 Å². The zero-order chi connectivity index (χ0) is 20.9. The first-order valence-corrected chi connectivity index (χ1v) is 10.8. The van der Waals surface area contributed by atoms with Gasteiger partial charge in [-0.3, -0.25) is 4.79 Å². The van der Waals surface area contributed by atoms with Gasteiger partial charge in [-0.1, -0.05) is 32.0 Å². The molecular formula is C20H29N3O4S. The molecule has 7 nitrogen and oxygen atoms in total. The third kappa shape index (κ3) is 4.74. The van der Waals surface area contributed by atoms with E-state index in [0.29, 0.717) is 26.2 Å². The van der Waals surface area contributed by atoms with Crippen LogP contribution in [0.3, 0.4) is 0 Å². The van der Waals surface area contributed by atoms with Gasteiger partial charge in [-0.05, 0) is 31.0 Å². The number of carbonyl (C=O) groups excluding carboxylic acids is 1. The van der Waals surface area contributed by atoms with Gasteiger partial charge < -0.3 is 14.6 Å². The molecule has 0 saturated carbocycles. The number of aromatic nitrogens is 1. The van der Waals surface area contributed by atoms with Crippen molar-refractivity contribution in [2.24, 2.45) is 7.05 Å². The lowest BCUT2D eigenvalue weighted by molar-refractivity contribution is 0.0939. The van der Waals surface area contributed by atoms with Gasteiger partial charge in [0.25, 0.3) is 5.91 Å². The number of rotatable bonds is 9. The van der Waals surface area contributed by atoms with Crippen molar-refractivity contribution in [2.45, 2.75) is 32.6 Å². The monoisotopic (exact) mass is 407 g/mol. The highest BCUT2D eigenvalue weighted by atomic mass is 32.2. The lowest BCUT2D eigenvalue weighted by Gasteiger charge is -2.17. The predicted molar refractivity (Wildman–Crippen MR) is 109 cm³/mol. The number of ether oxygens (including phenoxy) is 1. The van der Waals surface area contributed by atoms with Gasteiger partial charge in [0.1, 0.15) is 22.9 Å². The van der Waals surface area contributed by atoms with Crippen LogP contribution >= 0.6 is 0 Å². The van der Waals surface area contributed by atoms with Gasteiger partial charge in [0.05, 0.1) is 6.54 Å². The predicted octanol–water partition coefficient (Wildman–Crippen LogP) is 2.48. The van der Waals surface area contributed by atoms with Gasteiger partial charge >= 0.3 is 0 Å². The summed E-state index contributed by atoms with van der Waals surface area (Å²) < 4.78 is 33.9. The number of sulfonamides is 1. The number of aryl methyl sites for hydroxylation is 3. The van der Waals surface area contributed by atoms with Crippen LogP contribution in [0.15, 0.2) is 35.4 Å². The highest BCUT2D eigenvalue weighted by Gasteiger charge is 2.25. The lowest BCUT2D eigenvalue weighted by atomic mass is 10.1. The van der Waals surface area contributed by atoms with Gasteiger partial charge in [0.2, 0.25) is 10.0 Å². The molecule has 8 heteroatoms. The van der Waals surface area contributed by atoms with Crippen LogP contribution in [0.2, 0.25) is 0 Å². The smallest absolute Gasteiger partial charge is 0.268 e. The standard InChI is InChI=1S/C20H29N3O4S/c1-6-23(7-2)28(25,26)17-13-18(22(5)14-17)20(24)21-11-12-27-19-15(3)9-8-10-16(19)4/h8-10,13-14H,6-7,11-12H2,1-5H3,(H,21,24). The van der Waals surface area contributed by atoms with Crippen LogP contribution in [-0.4, -0.2) is 49.4 Å². The minimum Gasteiger partial charge on any atom is -0.491 e. The topological polar surface area (TPSA) is 80.6 Å². The van der Waals surface area contributed by atoms with E-state index >= 15 is 0 Å². The van der Waals surface area contributed by atoms with Crippen molar-refractivity contribution in [3.8, 4) is 5.75 Å². The Bertz CT molecular complexity index is 911. The first-order chi connectivity index (χ1) is 13.2. The normalized spacial score (nSPS) is 11.6. The van der Waals surface area contributed by atoms with Crippen LogP contribution < -0.4 is 10.1 Å². The number of benzene rings is 1. The minimum absolute atomic E-state index is 0.121. The second-order valence-electron chi connectivity index (χ2n) is 6.59. The number of hydrogen-bond donors (Lipinski definition) is 1. The molecule has 28 heavy (non-hydrogen) atoms. The van der Waals surface area contributed by atoms with Gasteiger partial charge in [0, 0.05) is 26.3 Å². The fraction of sp³-hybridized carbons (Fsp3) is 0.450. The van der Waals surface area contributed by atoms with Crippen molar-refractivity contribution >= 4 is 15.9 Å². The minimum atomic E-state index is -3.60. The average molecular weight is 408 g/mol. The van der Waals surface area contributed by atoms with Crippen LogP contribution in [-0.2, 0) is 17.1 Å². The van der Waals surface area contributed by atoms with Crippen LogP contribution in [0.25, 0.3) is 0 Å². The summed E-state index contributed by atoms with van der Waals surface area (Å²) in [6.07, 6.45) is 1.47. The van der Waals surface area contributed by atoms with E-state index < -0.39 is 10.0 Å². The maximum atomic E-state index is 12.6. The molecule has 2 aromatic rings. The molecule has 0 bridgehead atoms. The largest absolute Gasteiger partial charge is 0.491 e. The Labute approximate surface area is 167 Å². The number of nitrogens with zero attached hydrogens (tertiary/aromatic N) is 2. The first-order valence-electron chi connectivity index (χ1n) is 9.36. The SMILES string of the molecule is CCN(CC)S(=O)(=O)c1cc(C(=O)NCCOc2c(C)cccc2C)n(C)c1. The van der Waals surface area contributed by atoms with E-state index in [2.05, 4.69) is 5.32 Å². The molecule has 0 radical (unpaired) electrons. The summed E-state index contributed by atoms with van der Waals surface area (Å²) in [5.74, 6) is 0.483. The Morgan fingerprint density at radius 2 is 1.79 bits per heavy atom. The second-order valence-corrected chi connectivity index (χ2v) is 8.52. The molecule has 0 saturated heterocycles. The van der Waals surface area contributed by atoms with E-state index in [4.69, 9.17) is 4.74 Å². The molecule has 0 unspecified atom stereocenters. The number of nitrogens with one attached hydrogen (secondary N) is 1. The van der Waals surface area contributed by atoms with Crippen LogP contribution in [0, 0.1) is 13.8 Å². The third-order valence-electron chi connectivity index (χ3n) is 4.60. The zero-order valence-electron chi connectivity index (χ0n) is 17.2. The fourth-order valence-electron chi connectivity index (χ4n) is 3.05. The first kappa shape index (κ1) is 22.0. The van der Waals surface area contributed by atoms with Crippen molar-refractivity contribution in [3.63, 3.8) is 0 Å². The zero-order valence-corrected chi connectivity index (χ0v) is 18.0. The summed E-state index contributed by atoms with van der Waals surface area (Å²) in [5, 5.41) is 2.78. The number of amides is 1. The Balaban J connectivity index is 2.01. The highest BCUT2D eigenvalue weighted by molar-refractivity contribution is 7.89. The molecule has 1 amide bonds. The summed E-state index contributed by atoms with van der Waals surface area (Å²) in [6.45, 7) is 8.92. The van der Waals surface area contributed by atoms with Crippen LogP contribution in [0.1, 0.15) is 35.5 Å². The molecule has 1 heterocycles. The Hall–Kier alpha value is -2.32. The number of carbonyl (C=O) groups is 1. The molecule has 154 valence electrons. The van der Waals surface area contributed by atoms with Gasteiger partial charge in [-0.25, -0.2) is 8.42 Å². The summed E-state index contributed by atoms with van der Waals surface area (Å²) in [4.78, 5) is 12.6. The molecule has 0 atom stereocenters. The molecular weight excluding hydrogens is 378 g/mol. The van der Waals surface area contributed by atoms with Crippen LogP contribution in [0.5, 0.6) is 5.75 Å². The quantitative estimate of drug-likeness (QED) is 0.648. The van der Waals surface area contributed by atoms with Gasteiger partial charge in [-0.15, -0.1) is 0 Å². The number of hydrogen-bond acceptors (Lipinski definition) is 4. The Morgan fingerprint density at radius 3 is 2.36 bits per heavy atom. The third-order valence-corrected chi connectivity index (χ3v) is 6.61. The summed E-state index contributed by atoms with van der Waals surface area (Å²) in [6, 6.07) is 7.33. The molecule has 0 fully saturated rings. The Morgan fingerprint density at radius 1 is 1.18 bits per heavy atom. The van der Waals surface area contributed by atoms with Crippen LogP contribution in [0.4, 0.5) is 0 Å². The van der Waals surface area contributed by atoms with Gasteiger partial charge in [0.15, 0.2) is 0 Å². The summed E-state index contributed by atoms with van der Waals surface area (Å²) in [5.41, 5.74) is 2.37. The molecule has 2 rings (SSSR count). The molecule has 0 aliphatic carbocycles. The number of para-hydroxylation sites is 1. The van der Waals surface area contributed by atoms with E-state index in [1.54, 1.807) is 20.9 Å². The van der Waals surface area contributed by atoms with Crippen molar-refractivity contribution in [1.82, 2.24) is 14.2 Å². The van der Waals surface area contributed by atoms with Crippen molar-refractivity contribution in [3.05, 3.63) is 47.3 Å². The average Bonchev–Trinajstić information content (AvgIpc) is 3.04. The van der Waals surface area contributed by atoms with Gasteiger partial charge in [-0.2, -0.15) is 4.31 Å². The van der Waals surface area contributed by atoms with E-state index in [0.717, 1.165) is 16.9 Å². The van der Waals surface area contributed by atoms with Crippen molar-refractivity contribution in [2.75, 3.05) is 26.2 Å². The molecule has 1 aromatic carbocycles. The van der Waals surface area contributed by atoms with E-state index in [1.807, 2.05) is 32.0 Å². The molecule has 0 aliphatic rings. The summed E-state index contributed by atoms with van der Waals surface area (Å²) in [7, 11) is -1.94. The fourth-order valence-corrected chi connectivity index (χ4v) is 4.58. The molecule has 1 aromatic heterocycles. The molecule has 1 N–H and O–H groups in total. The van der Waals surface area contributed by atoms with Crippen molar-refractivity contribution < 1.29 is 17.9 Å². The lowest BCUT2D eigenvalue weighted by Crippen LogP contribution is -2.30. The molecule has 0 aliphatic heterocycles. The van der Waals surface area contributed by atoms with E-state index in [9.17, 15) is 13.2 Å². The maximum Gasteiger partial charge on any atom is 0.268 e. The maximum absolute atomic E-state index is 12.6. The summed E-state index contributed by atoms with van der Waals surface area (Å²) >= 11 is 0. The van der Waals surface area contributed by atoms with E-state index in [-0.39, 0.29) is 16.5 Å².